The molecule has 37 heavy (non-hydrogen) atoms. The summed E-state index contributed by atoms with van der Waals surface area (Å²) in [5, 5.41) is 8.66. The zero-order valence-electron chi connectivity index (χ0n) is 18.7. The third-order valence-electron chi connectivity index (χ3n) is 5.49. The van der Waals surface area contributed by atoms with E-state index >= 15 is 0 Å². The summed E-state index contributed by atoms with van der Waals surface area (Å²) in [5.74, 6) is -3.36. The molecule has 0 saturated heterocycles. The van der Waals surface area contributed by atoms with E-state index in [1.165, 1.54) is 30.3 Å². The Morgan fingerprint density at radius 2 is 1.92 bits per heavy atom. The number of aliphatic carboxylic acids is 1. The molecule has 0 fully saturated rings. The Morgan fingerprint density at radius 1 is 1.16 bits per heavy atom. The number of rotatable bonds is 8. The van der Waals surface area contributed by atoms with Crippen LogP contribution in [0.1, 0.15) is 12.8 Å². The lowest BCUT2D eigenvalue weighted by atomic mass is 10.0. The lowest BCUT2D eigenvalue weighted by Gasteiger charge is -2.35. The largest absolute Gasteiger partial charge is 0.486 e. The maximum absolute atomic E-state index is 14.1. The van der Waals surface area contributed by atoms with Crippen LogP contribution in [0.4, 0.5) is 23.2 Å². The molecule has 0 unspecified atom stereocenters. The van der Waals surface area contributed by atoms with Crippen LogP contribution in [0.3, 0.4) is 0 Å². The molecule has 0 radical (unpaired) electrons. The molecular formula is C24H18ClF4NO6S. The number of hydrogen-bond acceptors (Lipinski definition) is 5. The normalized spacial score (nSPS) is 15.3. The molecule has 4 rings (SSSR count). The van der Waals surface area contributed by atoms with Crippen LogP contribution in [0.15, 0.2) is 59.5 Å². The Hall–Kier alpha value is -3.51. The number of hydrogen-bond donors (Lipinski definition) is 1. The molecule has 1 aliphatic heterocycles. The molecule has 0 bridgehead atoms. The van der Waals surface area contributed by atoms with E-state index in [1.54, 1.807) is 0 Å². The monoisotopic (exact) mass is 559 g/mol. The minimum absolute atomic E-state index is 0.0232. The molecule has 1 heterocycles. The molecular weight excluding hydrogens is 542 g/mol. The van der Waals surface area contributed by atoms with Gasteiger partial charge in [0, 0.05) is 24.1 Å². The SMILES string of the molecule is O=C(O)CC[C@H]1CN(S(=O)(=O)c2cccc(OC(F)F)c2)c2cc(-c3cc(F)cc(F)c3Cl)ccc2O1. The summed E-state index contributed by atoms with van der Waals surface area (Å²) in [6.45, 7) is -3.50. The average molecular weight is 560 g/mol. The van der Waals surface area contributed by atoms with E-state index in [2.05, 4.69) is 4.74 Å². The van der Waals surface area contributed by atoms with E-state index < -0.39 is 40.3 Å². The van der Waals surface area contributed by atoms with Gasteiger partial charge in [-0.15, -0.1) is 0 Å². The van der Waals surface area contributed by atoms with Crippen molar-refractivity contribution in [2.24, 2.45) is 0 Å². The maximum atomic E-state index is 14.1. The van der Waals surface area contributed by atoms with E-state index in [-0.39, 0.29) is 57.6 Å². The fourth-order valence-corrected chi connectivity index (χ4v) is 5.60. The minimum atomic E-state index is -4.43. The Labute approximate surface area is 213 Å². The lowest BCUT2D eigenvalue weighted by Crippen LogP contribution is -2.43. The second-order valence-electron chi connectivity index (χ2n) is 7.99. The molecule has 3 aromatic carbocycles. The molecule has 3 aromatic rings. The standard InChI is InChI=1S/C24H18ClF4NO6S/c25-23-18(9-14(26)10-19(23)27)13-4-6-21-20(8-13)30(12-16(35-21)5-7-22(31)32)37(33,34)17-3-1-2-15(11-17)36-24(28)29/h1-4,6,8-11,16,24H,5,7,12H2,(H,31,32)/t16-/m0/s1. The van der Waals surface area contributed by atoms with Gasteiger partial charge < -0.3 is 14.6 Å². The zero-order chi connectivity index (χ0) is 26.9. The number of alkyl halides is 2. The van der Waals surface area contributed by atoms with Crippen LogP contribution in [0.5, 0.6) is 11.5 Å². The molecule has 1 N–H and O–H groups in total. The summed E-state index contributed by atoms with van der Waals surface area (Å²) in [4.78, 5) is 10.7. The van der Waals surface area contributed by atoms with Crippen LogP contribution in [0, 0.1) is 11.6 Å². The summed E-state index contributed by atoms with van der Waals surface area (Å²) in [5.41, 5.74) is 0.106. The smallest absolute Gasteiger partial charge is 0.387 e. The summed E-state index contributed by atoms with van der Waals surface area (Å²) in [7, 11) is -4.43. The van der Waals surface area contributed by atoms with E-state index in [9.17, 15) is 30.8 Å². The summed E-state index contributed by atoms with van der Waals surface area (Å²) in [6.07, 6.45) is -1.19. The van der Waals surface area contributed by atoms with Crippen LogP contribution in [0.2, 0.25) is 5.02 Å². The van der Waals surface area contributed by atoms with Crippen molar-refractivity contribution in [2.45, 2.75) is 30.5 Å². The van der Waals surface area contributed by atoms with Crippen LogP contribution in [-0.2, 0) is 14.8 Å². The zero-order valence-corrected chi connectivity index (χ0v) is 20.3. The molecule has 0 spiro atoms. The molecule has 7 nitrogen and oxygen atoms in total. The fourth-order valence-electron chi connectivity index (χ4n) is 3.85. The number of carboxylic acids is 1. The highest BCUT2D eigenvalue weighted by Crippen LogP contribution is 2.42. The first kappa shape index (κ1) is 26.6. The highest BCUT2D eigenvalue weighted by Gasteiger charge is 2.35. The summed E-state index contributed by atoms with van der Waals surface area (Å²) in [6, 6.07) is 10.2. The van der Waals surface area contributed by atoms with E-state index in [0.717, 1.165) is 22.5 Å². The minimum Gasteiger partial charge on any atom is -0.486 e. The first-order valence-electron chi connectivity index (χ1n) is 10.7. The quantitative estimate of drug-likeness (QED) is 0.281. The molecule has 13 heteroatoms. The molecule has 0 aromatic heterocycles. The van der Waals surface area contributed by atoms with Crippen molar-refractivity contribution in [3.63, 3.8) is 0 Å². The van der Waals surface area contributed by atoms with Gasteiger partial charge in [0.1, 0.15) is 29.2 Å². The second kappa shape index (κ2) is 10.5. The summed E-state index contributed by atoms with van der Waals surface area (Å²) >= 11 is 6.02. The van der Waals surface area contributed by atoms with Crippen LogP contribution in [-0.4, -0.2) is 38.8 Å². The van der Waals surface area contributed by atoms with Crippen molar-refractivity contribution in [1.29, 1.82) is 0 Å². The predicted molar refractivity (Wildman–Crippen MR) is 126 cm³/mol. The second-order valence-corrected chi connectivity index (χ2v) is 10.2. The number of sulfonamides is 1. The van der Waals surface area contributed by atoms with Gasteiger partial charge in [-0.2, -0.15) is 8.78 Å². The summed E-state index contributed by atoms with van der Waals surface area (Å²) < 4.78 is 91.7. The van der Waals surface area contributed by atoms with Crippen molar-refractivity contribution in [1.82, 2.24) is 0 Å². The van der Waals surface area contributed by atoms with Crippen LogP contribution in [0.25, 0.3) is 11.1 Å². The van der Waals surface area contributed by atoms with Gasteiger partial charge in [0.15, 0.2) is 0 Å². The third-order valence-corrected chi connectivity index (χ3v) is 7.65. The number of nitrogens with zero attached hydrogens (tertiary/aromatic N) is 1. The topological polar surface area (TPSA) is 93.1 Å². The number of ether oxygens (including phenoxy) is 2. The molecule has 0 aliphatic carbocycles. The van der Waals surface area contributed by atoms with E-state index in [0.29, 0.717) is 6.07 Å². The van der Waals surface area contributed by atoms with Crippen molar-refractivity contribution >= 4 is 33.3 Å². The van der Waals surface area contributed by atoms with Gasteiger partial charge in [0.2, 0.25) is 0 Å². The van der Waals surface area contributed by atoms with E-state index in [4.69, 9.17) is 21.4 Å². The first-order chi connectivity index (χ1) is 17.5. The molecule has 196 valence electrons. The van der Waals surface area contributed by atoms with Crippen LogP contribution < -0.4 is 13.8 Å². The van der Waals surface area contributed by atoms with Crippen molar-refractivity contribution in [3.8, 4) is 22.6 Å². The molecule has 0 saturated carbocycles. The van der Waals surface area contributed by atoms with E-state index in [1.807, 2.05) is 0 Å². The van der Waals surface area contributed by atoms with Gasteiger partial charge in [-0.05, 0) is 42.3 Å². The Bertz CT molecular complexity index is 1450. The highest BCUT2D eigenvalue weighted by atomic mass is 35.5. The Morgan fingerprint density at radius 3 is 2.62 bits per heavy atom. The number of carbonyl (C=O) groups is 1. The van der Waals surface area contributed by atoms with Crippen molar-refractivity contribution in [3.05, 3.63) is 71.3 Å². The van der Waals surface area contributed by atoms with Crippen molar-refractivity contribution in [2.75, 3.05) is 10.8 Å². The van der Waals surface area contributed by atoms with Gasteiger partial charge in [-0.3, -0.25) is 9.10 Å². The number of halogens is 5. The highest BCUT2D eigenvalue weighted by molar-refractivity contribution is 7.92. The van der Waals surface area contributed by atoms with Gasteiger partial charge >= 0.3 is 12.6 Å². The molecule has 0 amide bonds. The van der Waals surface area contributed by atoms with Gasteiger partial charge in [0.05, 0.1) is 22.2 Å². The average Bonchev–Trinajstić information content (AvgIpc) is 2.83. The van der Waals surface area contributed by atoms with Crippen molar-refractivity contribution < 1.29 is 45.4 Å². The fraction of sp³-hybridized carbons (Fsp3) is 0.208. The third kappa shape index (κ3) is 5.75. The Balaban J connectivity index is 1.82. The van der Waals surface area contributed by atoms with Crippen LogP contribution >= 0.6 is 11.6 Å². The van der Waals surface area contributed by atoms with Gasteiger partial charge in [-0.1, -0.05) is 23.7 Å². The van der Waals surface area contributed by atoms with Gasteiger partial charge in [-0.25, -0.2) is 17.2 Å². The predicted octanol–water partition coefficient (Wildman–Crippen LogP) is 5.71. The van der Waals surface area contributed by atoms with Gasteiger partial charge in [0.25, 0.3) is 10.0 Å². The maximum Gasteiger partial charge on any atom is 0.387 e. The molecule has 1 aliphatic rings. The lowest BCUT2D eigenvalue weighted by molar-refractivity contribution is -0.137. The number of carboxylic acid groups (broad SMARTS) is 1. The number of benzene rings is 3. The number of fused-ring (bicyclic) bond motifs is 1. The Kier molecular flexibility index (Phi) is 7.51. The first-order valence-corrected chi connectivity index (χ1v) is 12.5. The number of anilines is 1. The molecule has 1 atom stereocenters.